The van der Waals surface area contributed by atoms with Crippen molar-refractivity contribution in [2.45, 2.75) is 72.0 Å². The molecule has 1 rings (SSSR count). The van der Waals surface area contributed by atoms with Gasteiger partial charge in [-0.2, -0.15) is 0 Å². The van der Waals surface area contributed by atoms with E-state index in [0.717, 1.165) is 10.3 Å². The van der Waals surface area contributed by atoms with Crippen LogP contribution in [0.1, 0.15) is 60.3 Å². The number of halogens is 1. The fourth-order valence-corrected chi connectivity index (χ4v) is 3.74. The van der Waals surface area contributed by atoms with E-state index in [1.54, 1.807) is 0 Å². The fraction of sp³-hybridized carbons (Fsp3) is 1.00. The molecule has 0 heterocycles. The molecule has 0 aliphatic heterocycles. The second-order valence-electron chi connectivity index (χ2n) is 6.62. The molecule has 2 heteroatoms. The molecule has 0 aromatic heterocycles. The van der Waals surface area contributed by atoms with Gasteiger partial charge >= 0.3 is 0 Å². The van der Waals surface area contributed by atoms with Crippen LogP contribution in [0.15, 0.2) is 0 Å². The van der Waals surface area contributed by atoms with E-state index in [-0.39, 0.29) is 5.60 Å². The van der Waals surface area contributed by atoms with E-state index in [0.29, 0.717) is 11.5 Å². The molecule has 1 nitrogen and oxygen atoms in total. The molecule has 0 radical (unpaired) electrons. The first-order valence-electron chi connectivity index (χ1n) is 6.53. The molecule has 0 atom stereocenters. The molecule has 0 unspecified atom stereocenters. The molecule has 0 amide bonds. The average molecular weight is 338 g/mol. The summed E-state index contributed by atoms with van der Waals surface area (Å²) in [5.74, 6) is 0.874. The Labute approximate surface area is 115 Å². The molecule has 0 N–H and O–H groups in total. The van der Waals surface area contributed by atoms with Crippen LogP contribution in [0.2, 0.25) is 0 Å². The molecular weight excluding hydrogens is 311 g/mol. The van der Waals surface area contributed by atoms with Crippen molar-refractivity contribution in [2.75, 3.05) is 4.43 Å². The molecule has 16 heavy (non-hydrogen) atoms. The smallest absolute Gasteiger partial charge is 0.0775 e. The van der Waals surface area contributed by atoms with E-state index in [1.165, 1.54) is 25.7 Å². The summed E-state index contributed by atoms with van der Waals surface area (Å²) >= 11 is 2.50. The molecule has 0 aromatic rings. The monoisotopic (exact) mass is 338 g/mol. The minimum Gasteiger partial charge on any atom is -0.372 e. The van der Waals surface area contributed by atoms with Gasteiger partial charge in [0.15, 0.2) is 0 Å². The third-order valence-electron chi connectivity index (χ3n) is 3.85. The Morgan fingerprint density at radius 1 is 1.25 bits per heavy atom. The molecule has 0 aromatic carbocycles. The Balaban J connectivity index is 2.57. The van der Waals surface area contributed by atoms with Crippen LogP contribution in [0, 0.1) is 11.3 Å². The number of rotatable bonds is 3. The third-order valence-corrected chi connectivity index (χ3v) is 5.24. The summed E-state index contributed by atoms with van der Waals surface area (Å²) in [6.07, 6.45) is 5.52. The second kappa shape index (κ2) is 5.55. The lowest BCUT2D eigenvalue weighted by molar-refractivity contribution is -0.0965. The van der Waals surface area contributed by atoms with Crippen LogP contribution in [0.3, 0.4) is 0 Å². The molecule has 0 bridgehead atoms. The molecule has 1 aliphatic carbocycles. The van der Waals surface area contributed by atoms with Crippen molar-refractivity contribution in [3.05, 3.63) is 0 Å². The molecule has 1 saturated carbocycles. The standard InChI is InChI=1S/C14H27IO/c1-11(2)16-14(10-15)8-6-12(7-9-14)13(3,4)5/h11-12H,6-10H2,1-5H3. The molecule has 1 aliphatic rings. The zero-order chi connectivity index (χ0) is 12.4. The van der Waals surface area contributed by atoms with Crippen molar-refractivity contribution in [1.29, 1.82) is 0 Å². The van der Waals surface area contributed by atoms with Gasteiger partial charge in [-0.15, -0.1) is 0 Å². The van der Waals surface area contributed by atoms with E-state index < -0.39 is 0 Å². The largest absolute Gasteiger partial charge is 0.372 e. The number of hydrogen-bond acceptors (Lipinski definition) is 1. The first kappa shape index (κ1) is 14.7. The summed E-state index contributed by atoms with van der Waals surface area (Å²) in [5.41, 5.74) is 0.645. The predicted molar refractivity (Wildman–Crippen MR) is 79.3 cm³/mol. The van der Waals surface area contributed by atoms with Crippen molar-refractivity contribution in [2.24, 2.45) is 11.3 Å². The highest BCUT2D eigenvalue weighted by atomic mass is 127. The zero-order valence-electron chi connectivity index (χ0n) is 11.5. The summed E-state index contributed by atoms with van der Waals surface area (Å²) < 4.78 is 7.32. The highest BCUT2D eigenvalue weighted by molar-refractivity contribution is 14.1. The highest BCUT2D eigenvalue weighted by Gasteiger charge is 2.39. The Morgan fingerprint density at radius 3 is 2.06 bits per heavy atom. The number of alkyl halides is 1. The van der Waals surface area contributed by atoms with Gasteiger partial charge in [0.25, 0.3) is 0 Å². The maximum Gasteiger partial charge on any atom is 0.0775 e. The predicted octanol–water partition coefficient (Wildman–Crippen LogP) is 4.82. The zero-order valence-corrected chi connectivity index (χ0v) is 13.6. The maximum absolute atomic E-state index is 6.18. The molecule has 96 valence electrons. The van der Waals surface area contributed by atoms with Gasteiger partial charge in [0.05, 0.1) is 11.7 Å². The van der Waals surface area contributed by atoms with E-state index in [2.05, 4.69) is 57.2 Å². The van der Waals surface area contributed by atoms with Gasteiger partial charge in [0.1, 0.15) is 0 Å². The summed E-state index contributed by atoms with van der Waals surface area (Å²) in [4.78, 5) is 0. The van der Waals surface area contributed by atoms with E-state index in [9.17, 15) is 0 Å². The molecule has 0 spiro atoms. The van der Waals surface area contributed by atoms with Gasteiger partial charge in [0.2, 0.25) is 0 Å². The Bertz CT molecular complexity index is 209. The van der Waals surface area contributed by atoms with E-state index in [1.807, 2.05) is 0 Å². The minimum atomic E-state index is 0.177. The van der Waals surface area contributed by atoms with Crippen molar-refractivity contribution in [3.8, 4) is 0 Å². The first-order valence-corrected chi connectivity index (χ1v) is 8.05. The lowest BCUT2D eigenvalue weighted by Gasteiger charge is -2.44. The van der Waals surface area contributed by atoms with E-state index >= 15 is 0 Å². The summed E-state index contributed by atoms with van der Waals surface area (Å²) in [5, 5.41) is 0. The van der Waals surface area contributed by atoms with Crippen LogP contribution >= 0.6 is 22.6 Å². The first-order chi connectivity index (χ1) is 7.29. The SMILES string of the molecule is CC(C)OC1(CI)CCC(C(C)(C)C)CC1. The summed E-state index contributed by atoms with van der Waals surface area (Å²) in [6, 6.07) is 0. The van der Waals surface area contributed by atoms with Gasteiger partial charge in [-0.25, -0.2) is 0 Å². The third kappa shape index (κ3) is 3.86. The molecular formula is C14H27IO. The van der Waals surface area contributed by atoms with Crippen molar-refractivity contribution < 1.29 is 4.74 Å². The summed E-state index contributed by atoms with van der Waals surface area (Å²) in [6.45, 7) is 11.4. The summed E-state index contributed by atoms with van der Waals surface area (Å²) in [7, 11) is 0. The van der Waals surface area contributed by atoms with Crippen molar-refractivity contribution in [3.63, 3.8) is 0 Å². The van der Waals surface area contributed by atoms with Gasteiger partial charge in [0, 0.05) is 4.43 Å². The second-order valence-corrected chi connectivity index (χ2v) is 7.39. The minimum absolute atomic E-state index is 0.177. The van der Waals surface area contributed by atoms with Gasteiger partial charge in [-0.3, -0.25) is 0 Å². The van der Waals surface area contributed by atoms with Gasteiger partial charge < -0.3 is 4.74 Å². The van der Waals surface area contributed by atoms with Crippen LogP contribution in [0.25, 0.3) is 0 Å². The van der Waals surface area contributed by atoms with E-state index in [4.69, 9.17) is 4.74 Å². The van der Waals surface area contributed by atoms with Crippen LogP contribution in [-0.4, -0.2) is 16.1 Å². The van der Waals surface area contributed by atoms with Crippen molar-refractivity contribution >= 4 is 22.6 Å². The Kier molecular flexibility index (Phi) is 5.12. The highest BCUT2D eigenvalue weighted by Crippen LogP contribution is 2.43. The molecule has 0 saturated heterocycles. The quantitative estimate of drug-likeness (QED) is 0.529. The Hall–Kier alpha value is 0.690. The lowest BCUT2D eigenvalue weighted by Crippen LogP contribution is -2.42. The van der Waals surface area contributed by atoms with Crippen LogP contribution in [0.4, 0.5) is 0 Å². The topological polar surface area (TPSA) is 9.23 Å². The van der Waals surface area contributed by atoms with Crippen LogP contribution < -0.4 is 0 Å². The van der Waals surface area contributed by atoms with Gasteiger partial charge in [-0.1, -0.05) is 43.4 Å². The van der Waals surface area contributed by atoms with Crippen LogP contribution in [-0.2, 0) is 4.74 Å². The number of hydrogen-bond donors (Lipinski definition) is 0. The van der Waals surface area contributed by atoms with Gasteiger partial charge in [-0.05, 0) is 50.9 Å². The number of ether oxygens (including phenoxy) is 1. The molecule has 1 fully saturated rings. The van der Waals surface area contributed by atoms with Crippen LogP contribution in [0.5, 0.6) is 0 Å². The van der Waals surface area contributed by atoms with Crippen molar-refractivity contribution in [1.82, 2.24) is 0 Å². The maximum atomic E-state index is 6.18. The lowest BCUT2D eigenvalue weighted by atomic mass is 9.69. The normalized spacial score (nSPS) is 32.1. The fourth-order valence-electron chi connectivity index (χ4n) is 2.79. The average Bonchev–Trinajstić information content (AvgIpc) is 2.16. The Morgan fingerprint density at radius 2 is 1.75 bits per heavy atom.